The second-order valence-corrected chi connectivity index (χ2v) is 8.29. The zero-order chi connectivity index (χ0) is 25.2. The van der Waals surface area contributed by atoms with Crippen molar-refractivity contribution < 1.29 is 28.2 Å². The minimum absolute atomic E-state index is 0.0393. The standard InChI is InChI=1S/C23H27FN6O5/c1-4-15(31)35-18-14(11-33-16(32)10-13-8-6-5-7-9-13)34-21(23(18,2)24)30-12-27-17-19(26-3)28-22(25)29-20(17)30/h5-9,12,14,18,21H,4,10-11H2,1-3H3,(H3,25,26,28,29)/t14-,18-,21-,23-/m1/s1. The number of ether oxygens (including phenoxy) is 3. The second kappa shape index (κ2) is 9.82. The van der Waals surface area contributed by atoms with Crippen LogP contribution in [0.4, 0.5) is 16.2 Å². The predicted molar refractivity (Wildman–Crippen MR) is 124 cm³/mol. The maximum atomic E-state index is 16.3. The fraction of sp³-hybridized carbons (Fsp3) is 0.435. The normalized spacial score (nSPS) is 23.8. The second-order valence-electron chi connectivity index (χ2n) is 8.29. The van der Waals surface area contributed by atoms with Gasteiger partial charge in [0.1, 0.15) is 12.7 Å². The molecule has 0 unspecified atom stereocenters. The summed E-state index contributed by atoms with van der Waals surface area (Å²) in [6.07, 6.45) is -2.26. The van der Waals surface area contributed by atoms with Gasteiger partial charge >= 0.3 is 11.9 Å². The lowest BCUT2D eigenvalue weighted by Crippen LogP contribution is -2.44. The summed E-state index contributed by atoms with van der Waals surface area (Å²) in [5.41, 5.74) is 4.97. The fourth-order valence-corrected chi connectivity index (χ4v) is 4.02. The summed E-state index contributed by atoms with van der Waals surface area (Å²) in [7, 11) is 1.64. The Labute approximate surface area is 200 Å². The third-order valence-corrected chi connectivity index (χ3v) is 5.76. The van der Waals surface area contributed by atoms with Crippen LogP contribution in [0.3, 0.4) is 0 Å². The van der Waals surface area contributed by atoms with Gasteiger partial charge in [0, 0.05) is 13.5 Å². The summed E-state index contributed by atoms with van der Waals surface area (Å²) in [4.78, 5) is 37.0. The van der Waals surface area contributed by atoms with Crippen molar-refractivity contribution in [3.8, 4) is 0 Å². The molecule has 11 nitrogen and oxygen atoms in total. The van der Waals surface area contributed by atoms with Gasteiger partial charge in [0.05, 0.1) is 12.7 Å². The summed E-state index contributed by atoms with van der Waals surface area (Å²) in [6.45, 7) is 2.55. The molecule has 3 aromatic rings. The molecule has 1 fully saturated rings. The molecule has 1 aromatic carbocycles. The number of halogens is 1. The van der Waals surface area contributed by atoms with Crippen molar-refractivity contribution in [3.63, 3.8) is 0 Å². The van der Waals surface area contributed by atoms with Gasteiger partial charge < -0.3 is 25.3 Å². The van der Waals surface area contributed by atoms with Crippen LogP contribution in [0.2, 0.25) is 0 Å². The van der Waals surface area contributed by atoms with Crippen LogP contribution in [0.15, 0.2) is 36.7 Å². The number of hydrogen-bond acceptors (Lipinski definition) is 10. The fourth-order valence-electron chi connectivity index (χ4n) is 4.02. The molecule has 3 N–H and O–H groups in total. The molecule has 186 valence electrons. The van der Waals surface area contributed by atoms with Gasteiger partial charge in [0.25, 0.3) is 0 Å². The van der Waals surface area contributed by atoms with Gasteiger partial charge in [0.15, 0.2) is 35.0 Å². The van der Waals surface area contributed by atoms with Crippen molar-refractivity contribution in [2.24, 2.45) is 0 Å². The summed E-state index contributed by atoms with van der Waals surface area (Å²) >= 11 is 0. The van der Waals surface area contributed by atoms with Gasteiger partial charge in [-0.3, -0.25) is 14.2 Å². The van der Waals surface area contributed by atoms with Crippen molar-refractivity contribution in [2.45, 2.75) is 50.8 Å². The van der Waals surface area contributed by atoms with Crippen LogP contribution in [0.25, 0.3) is 11.2 Å². The minimum Gasteiger partial charge on any atom is -0.463 e. The Morgan fingerprint density at radius 2 is 2.00 bits per heavy atom. The largest absolute Gasteiger partial charge is 0.463 e. The molecule has 0 bridgehead atoms. The summed E-state index contributed by atoms with van der Waals surface area (Å²) < 4.78 is 34.4. The number of nitrogens with one attached hydrogen (secondary N) is 1. The van der Waals surface area contributed by atoms with Crippen molar-refractivity contribution in [3.05, 3.63) is 42.2 Å². The molecule has 0 amide bonds. The van der Waals surface area contributed by atoms with Gasteiger partial charge in [-0.25, -0.2) is 9.37 Å². The summed E-state index contributed by atoms with van der Waals surface area (Å²) in [6, 6.07) is 9.06. The Kier molecular flexibility index (Phi) is 6.83. The smallest absolute Gasteiger partial charge is 0.310 e. The van der Waals surface area contributed by atoms with Gasteiger partial charge in [0.2, 0.25) is 5.95 Å². The topological polar surface area (TPSA) is 143 Å². The summed E-state index contributed by atoms with van der Waals surface area (Å²) in [5.74, 6) is -0.799. The molecule has 3 heterocycles. The number of fused-ring (bicyclic) bond motifs is 1. The molecule has 2 aromatic heterocycles. The molecule has 1 saturated heterocycles. The van der Waals surface area contributed by atoms with E-state index in [1.165, 1.54) is 17.8 Å². The maximum absolute atomic E-state index is 16.3. The van der Waals surface area contributed by atoms with E-state index in [0.29, 0.717) is 11.3 Å². The van der Waals surface area contributed by atoms with Gasteiger partial charge in [-0.15, -0.1) is 0 Å². The molecule has 0 spiro atoms. The van der Waals surface area contributed by atoms with Crippen LogP contribution in [0.5, 0.6) is 0 Å². The van der Waals surface area contributed by atoms with Gasteiger partial charge in [-0.05, 0) is 12.5 Å². The summed E-state index contributed by atoms with van der Waals surface area (Å²) in [5, 5.41) is 2.87. The lowest BCUT2D eigenvalue weighted by atomic mass is 9.98. The molecule has 0 saturated carbocycles. The Bertz CT molecular complexity index is 1220. The van der Waals surface area contributed by atoms with Crippen molar-refractivity contribution in [2.75, 3.05) is 24.7 Å². The van der Waals surface area contributed by atoms with Crippen LogP contribution >= 0.6 is 0 Å². The predicted octanol–water partition coefficient (Wildman–Crippen LogP) is 2.18. The first-order chi connectivity index (χ1) is 16.7. The van der Waals surface area contributed by atoms with E-state index < -0.39 is 36.0 Å². The Hall–Kier alpha value is -3.80. The average molecular weight is 487 g/mol. The maximum Gasteiger partial charge on any atom is 0.310 e. The molecule has 35 heavy (non-hydrogen) atoms. The van der Waals surface area contributed by atoms with Crippen LogP contribution in [0, 0.1) is 0 Å². The number of hydrogen-bond donors (Lipinski definition) is 2. The Morgan fingerprint density at radius 1 is 1.26 bits per heavy atom. The zero-order valence-electron chi connectivity index (χ0n) is 19.6. The number of alkyl halides is 1. The SMILES string of the molecule is CCC(=O)O[C@@H]1[C@@H](COC(=O)Cc2ccccc2)O[C@@H](n2cnc3c(NC)nc(N)nc32)[C@]1(C)F. The Balaban J connectivity index is 1.60. The number of nitrogen functional groups attached to an aromatic ring is 1. The monoisotopic (exact) mass is 486 g/mol. The quantitative estimate of drug-likeness (QED) is 0.455. The van der Waals surface area contributed by atoms with Crippen LogP contribution in [-0.2, 0) is 30.2 Å². The van der Waals surface area contributed by atoms with E-state index in [0.717, 1.165) is 5.56 Å². The number of carbonyl (C=O) groups is 2. The molecule has 4 atom stereocenters. The molecule has 12 heteroatoms. The number of rotatable bonds is 8. The van der Waals surface area contributed by atoms with E-state index in [1.807, 2.05) is 18.2 Å². The van der Waals surface area contributed by atoms with E-state index in [2.05, 4.69) is 20.3 Å². The van der Waals surface area contributed by atoms with E-state index in [1.54, 1.807) is 26.1 Å². The van der Waals surface area contributed by atoms with Crippen LogP contribution in [-0.4, -0.2) is 63.0 Å². The third-order valence-electron chi connectivity index (χ3n) is 5.76. The molecular weight excluding hydrogens is 459 g/mol. The van der Waals surface area contributed by atoms with Crippen molar-refractivity contribution >= 4 is 34.9 Å². The number of aromatic nitrogens is 4. The first kappa shape index (κ1) is 24.3. The number of imidazole rings is 1. The number of carbonyl (C=O) groups excluding carboxylic acids is 2. The minimum atomic E-state index is -2.21. The van der Waals surface area contributed by atoms with E-state index in [-0.39, 0.29) is 31.0 Å². The molecular formula is C23H27FN6O5. The highest BCUT2D eigenvalue weighted by Gasteiger charge is 2.58. The number of nitrogens with two attached hydrogens (primary N) is 1. The molecule has 0 aliphatic carbocycles. The van der Waals surface area contributed by atoms with E-state index in [9.17, 15) is 9.59 Å². The van der Waals surface area contributed by atoms with Crippen LogP contribution in [0.1, 0.15) is 32.1 Å². The molecule has 0 radical (unpaired) electrons. The average Bonchev–Trinajstić information content (AvgIpc) is 3.35. The van der Waals surface area contributed by atoms with Crippen LogP contribution < -0.4 is 11.1 Å². The Morgan fingerprint density at radius 3 is 2.69 bits per heavy atom. The lowest BCUT2D eigenvalue weighted by Gasteiger charge is -2.27. The van der Waals surface area contributed by atoms with Crippen molar-refractivity contribution in [1.29, 1.82) is 0 Å². The molecule has 1 aliphatic rings. The number of nitrogens with zero attached hydrogens (tertiary/aromatic N) is 4. The van der Waals surface area contributed by atoms with Gasteiger partial charge in [-0.2, -0.15) is 9.97 Å². The molecule has 1 aliphatic heterocycles. The van der Waals surface area contributed by atoms with Gasteiger partial charge in [-0.1, -0.05) is 37.3 Å². The van der Waals surface area contributed by atoms with E-state index >= 15 is 4.39 Å². The molecule has 4 rings (SSSR count). The number of benzene rings is 1. The first-order valence-corrected chi connectivity index (χ1v) is 11.2. The van der Waals surface area contributed by atoms with E-state index in [4.69, 9.17) is 19.9 Å². The first-order valence-electron chi connectivity index (χ1n) is 11.2. The highest BCUT2D eigenvalue weighted by Crippen LogP contribution is 2.44. The number of anilines is 2. The zero-order valence-corrected chi connectivity index (χ0v) is 19.6. The lowest BCUT2D eigenvalue weighted by molar-refractivity contribution is -0.160. The van der Waals surface area contributed by atoms with Crippen molar-refractivity contribution in [1.82, 2.24) is 19.5 Å². The highest BCUT2D eigenvalue weighted by atomic mass is 19.1. The highest BCUT2D eigenvalue weighted by molar-refractivity contribution is 5.84. The third kappa shape index (κ3) is 4.87. The number of esters is 2.